The Morgan fingerprint density at radius 2 is 1.93 bits per heavy atom. The third-order valence-electron chi connectivity index (χ3n) is 3.07. The van der Waals surface area contributed by atoms with Crippen LogP contribution in [0.25, 0.3) is 0 Å². The minimum atomic E-state index is -0.0611. The van der Waals surface area contributed by atoms with Gasteiger partial charge in [-0.25, -0.2) is 0 Å². The van der Waals surface area contributed by atoms with E-state index < -0.39 is 0 Å². The van der Waals surface area contributed by atoms with Crippen molar-refractivity contribution < 1.29 is 5.11 Å². The first-order valence-corrected chi connectivity index (χ1v) is 5.68. The Balaban J connectivity index is 3.05. The molecular formula is C13H21NO. The summed E-state index contributed by atoms with van der Waals surface area (Å²) in [5.74, 6) is 0.838. The minimum absolute atomic E-state index is 0.0611. The lowest BCUT2D eigenvalue weighted by atomic mass is 9.94. The SMILES string of the molecule is CCC(C)c1ccc(O)c(C(N)CC)c1. The summed E-state index contributed by atoms with van der Waals surface area (Å²) in [4.78, 5) is 0. The largest absolute Gasteiger partial charge is 0.508 e. The molecule has 0 aromatic heterocycles. The van der Waals surface area contributed by atoms with Crippen molar-refractivity contribution in [3.8, 4) is 5.75 Å². The van der Waals surface area contributed by atoms with Crippen LogP contribution in [0.5, 0.6) is 5.75 Å². The van der Waals surface area contributed by atoms with E-state index in [1.807, 2.05) is 19.1 Å². The number of hydrogen-bond donors (Lipinski definition) is 2. The van der Waals surface area contributed by atoms with Crippen molar-refractivity contribution in [2.45, 2.75) is 45.6 Å². The maximum Gasteiger partial charge on any atom is 0.120 e. The molecule has 0 fully saturated rings. The van der Waals surface area contributed by atoms with Crippen LogP contribution < -0.4 is 5.73 Å². The van der Waals surface area contributed by atoms with E-state index in [1.54, 1.807) is 6.07 Å². The summed E-state index contributed by atoms with van der Waals surface area (Å²) in [5, 5.41) is 9.71. The van der Waals surface area contributed by atoms with E-state index in [-0.39, 0.29) is 6.04 Å². The number of nitrogens with two attached hydrogens (primary N) is 1. The fourth-order valence-corrected chi connectivity index (χ4v) is 1.63. The second kappa shape index (κ2) is 5.17. The van der Waals surface area contributed by atoms with Gasteiger partial charge in [0.05, 0.1) is 0 Å². The Bertz CT molecular complexity index is 322. The van der Waals surface area contributed by atoms with E-state index in [4.69, 9.17) is 5.73 Å². The van der Waals surface area contributed by atoms with Crippen molar-refractivity contribution in [2.75, 3.05) is 0 Å². The Morgan fingerprint density at radius 3 is 2.47 bits per heavy atom. The molecule has 1 aromatic carbocycles. The molecule has 0 aliphatic rings. The smallest absolute Gasteiger partial charge is 0.120 e. The molecule has 3 N–H and O–H groups in total. The maximum absolute atomic E-state index is 9.71. The van der Waals surface area contributed by atoms with Crippen LogP contribution in [0.3, 0.4) is 0 Å². The maximum atomic E-state index is 9.71. The predicted molar refractivity (Wildman–Crippen MR) is 64.0 cm³/mol. The van der Waals surface area contributed by atoms with Gasteiger partial charge in [0.15, 0.2) is 0 Å². The first-order valence-electron chi connectivity index (χ1n) is 5.68. The lowest BCUT2D eigenvalue weighted by Gasteiger charge is -2.15. The number of rotatable bonds is 4. The van der Waals surface area contributed by atoms with Crippen LogP contribution in [0, 0.1) is 0 Å². The van der Waals surface area contributed by atoms with Gasteiger partial charge in [0.1, 0.15) is 5.75 Å². The van der Waals surface area contributed by atoms with Gasteiger partial charge in [-0.05, 0) is 30.4 Å². The average Bonchev–Trinajstić information content (AvgIpc) is 2.27. The molecule has 0 amide bonds. The lowest BCUT2D eigenvalue weighted by molar-refractivity contribution is 0.459. The molecule has 2 heteroatoms. The van der Waals surface area contributed by atoms with Crippen molar-refractivity contribution in [1.82, 2.24) is 0 Å². The fourth-order valence-electron chi connectivity index (χ4n) is 1.63. The summed E-state index contributed by atoms with van der Waals surface area (Å²) < 4.78 is 0. The summed E-state index contributed by atoms with van der Waals surface area (Å²) in [5.41, 5.74) is 8.07. The van der Waals surface area contributed by atoms with Gasteiger partial charge in [-0.15, -0.1) is 0 Å². The van der Waals surface area contributed by atoms with Gasteiger partial charge in [-0.1, -0.05) is 32.9 Å². The Hall–Kier alpha value is -1.02. The highest BCUT2D eigenvalue weighted by atomic mass is 16.3. The molecule has 2 unspecified atom stereocenters. The van der Waals surface area contributed by atoms with E-state index in [2.05, 4.69) is 13.8 Å². The third-order valence-corrected chi connectivity index (χ3v) is 3.07. The molecule has 1 aromatic rings. The number of phenolic OH excluding ortho intramolecular Hbond substituents is 1. The van der Waals surface area contributed by atoms with Crippen molar-refractivity contribution in [3.63, 3.8) is 0 Å². The van der Waals surface area contributed by atoms with Crippen LogP contribution in [0.1, 0.15) is 56.7 Å². The van der Waals surface area contributed by atoms with E-state index in [1.165, 1.54) is 5.56 Å². The topological polar surface area (TPSA) is 46.2 Å². The van der Waals surface area contributed by atoms with E-state index in [0.29, 0.717) is 11.7 Å². The summed E-state index contributed by atoms with van der Waals surface area (Å²) in [6, 6.07) is 5.72. The molecule has 0 heterocycles. The van der Waals surface area contributed by atoms with Crippen molar-refractivity contribution in [1.29, 1.82) is 0 Å². The lowest BCUT2D eigenvalue weighted by Crippen LogP contribution is -2.09. The molecule has 0 saturated carbocycles. The minimum Gasteiger partial charge on any atom is -0.508 e. The molecule has 2 nitrogen and oxygen atoms in total. The monoisotopic (exact) mass is 207 g/mol. The first-order chi connectivity index (χ1) is 7.10. The van der Waals surface area contributed by atoms with E-state index in [9.17, 15) is 5.11 Å². The highest BCUT2D eigenvalue weighted by molar-refractivity contribution is 5.39. The third kappa shape index (κ3) is 2.72. The van der Waals surface area contributed by atoms with Crippen molar-refractivity contribution in [3.05, 3.63) is 29.3 Å². The molecule has 84 valence electrons. The highest BCUT2D eigenvalue weighted by Gasteiger charge is 2.11. The second-order valence-corrected chi connectivity index (χ2v) is 4.14. The number of hydrogen-bond acceptors (Lipinski definition) is 2. The Morgan fingerprint density at radius 1 is 1.27 bits per heavy atom. The van der Waals surface area contributed by atoms with Crippen LogP contribution >= 0.6 is 0 Å². The molecule has 0 saturated heterocycles. The summed E-state index contributed by atoms with van der Waals surface area (Å²) in [6.07, 6.45) is 1.95. The van der Waals surface area contributed by atoms with Gasteiger partial charge in [0.25, 0.3) is 0 Å². The van der Waals surface area contributed by atoms with Crippen LogP contribution in [0.2, 0.25) is 0 Å². The zero-order valence-corrected chi connectivity index (χ0v) is 9.83. The average molecular weight is 207 g/mol. The molecule has 1 rings (SSSR count). The van der Waals surface area contributed by atoms with Gasteiger partial charge in [-0.3, -0.25) is 0 Å². The quantitative estimate of drug-likeness (QED) is 0.795. The normalized spacial score (nSPS) is 14.9. The van der Waals surface area contributed by atoms with Crippen molar-refractivity contribution >= 4 is 0 Å². The Labute approximate surface area is 92.1 Å². The van der Waals surface area contributed by atoms with E-state index in [0.717, 1.165) is 18.4 Å². The van der Waals surface area contributed by atoms with Crippen LogP contribution in [0.4, 0.5) is 0 Å². The molecular weight excluding hydrogens is 186 g/mol. The molecule has 0 aliphatic heterocycles. The van der Waals surface area contributed by atoms with Gasteiger partial charge in [0, 0.05) is 11.6 Å². The standard InChI is InChI=1S/C13H21NO/c1-4-9(3)10-6-7-13(15)11(8-10)12(14)5-2/h6-9,12,15H,4-5,14H2,1-3H3. The highest BCUT2D eigenvalue weighted by Crippen LogP contribution is 2.29. The van der Waals surface area contributed by atoms with Crippen LogP contribution in [-0.2, 0) is 0 Å². The second-order valence-electron chi connectivity index (χ2n) is 4.14. The number of phenols is 1. The van der Waals surface area contributed by atoms with Gasteiger partial charge in [-0.2, -0.15) is 0 Å². The summed E-state index contributed by atoms with van der Waals surface area (Å²) >= 11 is 0. The first kappa shape index (κ1) is 12.1. The molecule has 2 atom stereocenters. The summed E-state index contributed by atoms with van der Waals surface area (Å²) in [6.45, 7) is 6.38. The van der Waals surface area contributed by atoms with Gasteiger partial charge >= 0.3 is 0 Å². The van der Waals surface area contributed by atoms with Gasteiger partial charge < -0.3 is 10.8 Å². The Kier molecular flexibility index (Phi) is 4.15. The number of aromatic hydroxyl groups is 1. The van der Waals surface area contributed by atoms with E-state index >= 15 is 0 Å². The number of benzene rings is 1. The molecule has 15 heavy (non-hydrogen) atoms. The molecule has 0 spiro atoms. The zero-order valence-electron chi connectivity index (χ0n) is 9.83. The fraction of sp³-hybridized carbons (Fsp3) is 0.538. The van der Waals surface area contributed by atoms with Crippen LogP contribution in [-0.4, -0.2) is 5.11 Å². The molecule has 0 aliphatic carbocycles. The zero-order chi connectivity index (χ0) is 11.4. The predicted octanol–water partition coefficient (Wildman–Crippen LogP) is 3.32. The molecule has 0 bridgehead atoms. The van der Waals surface area contributed by atoms with Gasteiger partial charge in [0.2, 0.25) is 0 Å². The molecule has 0 radical (unpaired) electrons. The van der Waals surface area contributed by atoms with Crippen molar-refractivity contribution in [2.24, 2.45) is 5.73 Å². The van der Waals surface area contributed by atoms with Crippen LogP contribution in [0.15, 0.2) is 18.2 Å². The summed E-state index contributed by atoms with van der Waals surface area (Å²) in [7, 11) is 0.